The number of benzene rings is 2. The molecule has 5 nitrogen and oxygen atoms in total. The molecule has 3 aromatic rings. The minimum absolute atomic E-state index is 0.0884. The van der Waals surface area contributed by atoms with Gasteiger partial charge < -0.3 is 15.0 Å². The fourth-order valence-corrected chi connectivity index (χ4v) is 3.42. The lowest BCUT2D eigenvalue weighted by atomic mass is 10.1. The van der Waals surface area contributed by atoms with Gasteiger partial charge in [-0.15, -0.1) is 0 Å². The first-order chi connectivity index (χ1) is 14.3. The molecule has 1 aliphatic heterocycles. The van der Waals surface area contributed by atoms with Crippen LogP contribution < -0.4 is 15.0 Å². The van der Waals surface area contributed by atoms with Crippen LogP contribution in [0.15, 0.2) is 72.9 Å². The Labute approximate surface area is 171 Å². The van der Waals surface area contributed by atoms with Crippen LogP contribution in [0.5, 0.6) is 11.5 Å². The van der Waals surface area contributed by atoms with Gasteiger partial charge in [-0.2, -0.15) is 0 Å². The molecule has 1 amide bonds. The second-order valence-electron chi connectivity index (χ2n) is 7.16. The van der Waals surface area contributed by atoms with E-state index in [2.05, 4.69) is 15.2 Å². The van der Waals surface area contributed by atoms with E-state index in [1.807, 2.05) is 66.7 Å². The highest BCUT2D eigenvalue weighted by Gasteiger charge is 2.14. The van der Waals surface area contributed by atoms with Crippen LogP contribution in [0.2, 0.25) is 0 Å². The van der Waals surface area contributed by atoms with Crippen molar-refractivity contribution < 1.29 is 9.53 Å². The van der Waals surface area contributed by atoms with Gasteiger partial charge >= 0.3 is 0 Å². The van der Waals surface area contributed by atoms with Gasteiger partial charge in [0.2, 0.25) is 0 Å². The van der Waals surface area contributed by atoms with E-state index < -0.39 is 0 Å². The maximum atomic E-state index is 12.3. The number of para-hydroxylation sites is 1. The normalized spacial score (nSPS) is 13.3. The first kappa shape index (κ1) is 19.0. The molecular formula is C24H25N3O2. The summed E-state index contributed by atoms with van der Waals surface area (Å²) in [7, 11) is 0. The van der Waals surface area contributed by atoms with Crippen LogP contribution in [-0.4, -0.2) is 30.5 Å². The SMILES string of the molecule is O=C(NCCc1ccc(Oc2ccccc2)cc1)c1ccc(N2CCCC2)nc1. The van der Waals surface area contributed by atoms with Crippen LogP contribution in [0.3, 0.4) is 0 Å². The number of hydrogen-bond acceptors (Lipinski definition) is 4. The number of hydrogen-bond donors (Lipinski definition) is 1. The Morgan fingerprint density at radius 2 is 1.66 bits per heavy atom. The fraction of sp³-hybridized carbons (Fsp3) is 0.250. The standard InChI is InChI=1S/C24H25N3O2/c28-24(20-10-13-23(26-18-20)27-16-4-5-17-27)25-15-14-19-8-11-22(12-9-19)29-21-6-2-1-3-7-21/h1-3,6-13,18H,4-5,14-17H2,(H,25,28). The minimum atomic E-state index is -0.0884. The number of rotatable bonds is 7. The molecule has 0 saturated carbocycles. The van der Waals surface area contributed by atoms with E-state index in [-0.39, 0.29) is 5.91 Å². The summed E-state index contributed by atoms with van der Waals surface area (Å²) in [6, 6.07) is 21.4. The van der Waals surface area contributed by atoms with Crippen LogP contribution in [0.4, 0.5) is 5.82 Å². The van der Waals surface area contributed by atoms with Crippen molar-refractivity contribution in [3.63, 3.8) is 0 Å². The molecule has 1 N–H and O–H groups in total. The van der Waals surface area contributed by atoms with E-state index in [4.69, 9.17) is 4.74 Å². The zero-order valence-corrected chi connectivity index (χ0v) is 16.4. The van der Waals surface area contributed by atoms with Gasteiger partial charge in [0.05, 0.1) is 5.56 Å². The number of nitrogens with zero attached hydrogens (tertiary/aromatic N) is 2. The van der Waals surface area contributed by atoms with Crippen molar-refractivity contribution in [2.75, 3.05) is 24.5 Å². The molecule has 29 heavy (non-hydrogen) atoms. The van der Waals surface area contributed by atoms with Crippen molar-refractivity contribution in [2.45, 2.75) is 19.3 Å². The molecule has 1 fully saturated rings. The highest BCUT2D eigenvalue weighted by Crippen LogP contribution is 2.21. The van der Waals surface area contributed by atoms with Gasteiger partial charge in [0, 0.05) is 25.8 Å². The van der Waals surface area contributed by atoms with Crippen molar-refractivity contribution >= 4 is 11.7 Å². The van der Waals surface area contributed by atoms with E-state index in [9.17, 15) is 4.79 Å². The van der Waals surface area contributed by atoms with E-state index in [0.717, 1.165) is 42.4 Å². The van der Waals surface area contributed by atoms with Gasteiger partial charge in [-0.05, 0) is 61.2 Å². The van der Waals surface area contributed by atoms with Crippen molar-refractivity contribution in [3.8, 4) is 11.5 Å². The van der Waals surface area contributed by atoms with Crippen LogP contribution in [0, 0.1) is 0 Å². The Hall–Kier alpha value is -3.34. The van der Waals surface area contributed by atoms with E-state index in [1.54, 1.807) is 6.20 Å². The summed E-state index contributed by atoms with van der Waals surface area (Å²) in [6.45, 7) is 2.67. The number of carbonyl (C=O) groups is 1. The Morgan fingerprint density at radius 3 is 2.34 bits per heavy atom. The number of carbonyl (C=O) groups excluding carboxylic acids is 1. The summed E-state index contributed by atoms with van der Waals surface area (Å²) in [5.74, 6) is 2.48. The number of nitrogens with one attached hydrogen (secondary N) is 1. The molecule has 148 valence electrons. The summed E-state index contributed by atoms with van der Waals surface area (Å²) in [5, 5.41) is 2.97. The average Bonchev–Trinajstić information content (AvgIpc) is 3.31. The predicted molar refractivity (Wildman–Crippen MR) is 115 cm³/mol. The van der Waals surface area contributed by atoms with Crippen LogP contribution in [-0.2, 0) is 6.42 Å². The number of amides is 1. The lowest BCUT2D eigenvalue weighted by molar-refractivity contribution is 0.0954. The second-order valence-corrected chi connectivity index (χ2v) is 7.16. The molecule has 4 rings (SSSR count). The van der Waals surface area contributed by atoms with E-state index in [0.29, 0.717) is 12.1 Å². The maximum absolute atomic E-state index is 12.3. The molecule has 0 atom stereocenters. The zero-order valence-electron chi connectivity index (χ0n) is 16.4. The van der Waals surface area contributed by atoms with E-state index in [1.165, 1.54) is 12.8 Å². The number of ether oxygens (including phenoxy) is 1. The number of aromatic nitrogens is 1. The third-order valence-electron chi connectivity index (χ3n) is 5.04. The first-order valence-electron chi connectivity index (χ1n) is 10.1. The largest absolute Gasteiger partial charge is 0.457 e. The van der Waals surface area contributed by atoms with Crippen LogP contribution >= 0.6 is 0 Å². The fourth-order valence-electron chi connectivity index (χ4n) is 3.42. The molecule has 0 unspecified atom stereocenters. The maximum Gasteiger partial charge on any atom is 0.252 e. The van der Waals surface area contributed by atoms with Gasteiger partial charge in [0.15, 0.2) is 0 Å². The predicted octanol–water partition coefficient (Wildman–Crippen LogP) is 4.45. The van der Waals surface area contributed by atoms with E-state index >= 15 is 0 Å². The first-order valence-corrected chi connectivity index (χ1v) is 10.1. The van der Waals surface area contributed by atoms with Gasteiger partial charge in [-0.1, -0.05) is 30.3 Å². The zero-order chi connectivity index (χ0) is 19.9. The molecule has 0 radical (unpaired) electrons. The van der Waals surface area contributed by atoms with Crippen LogP contribution in [0.25, 0.3) is 0 Å². The molecule has 5 heteroatoms. The van der Waals surface area contributed by atoms with Gasteiger partial charge in [-0.3, -0.25) is 4.79 Å². The summed E-state index contributed by atoms with van der Waals surface area (Å²) < 4.78 is 5.80. The lowest BCUT2D eigenvalue weighted by Crippen LogP contribution is -2.26. The average molecular weight is 387 g/mol. The topological polar surface area (TPSA) is 54.5 Å². The summed E-state index contributed by atoms with van der Waals surface area (Å²) in [6.07, 6.45) is 4.85. The molecular weight excluding hydrogens is 362 g/mol. The molecule has 0 spiro atoms. The Bertz CT molecular complexity index is 919. The number of pyridine rings is 1. The third-order valence-corrected chi connectivity index (χ3v) is 5.04. The second kappa shape index (κ2) is 9.24. The minimum Gasteiger partial charge on any atom is -0.457 e. The van der Waals surface area contributed by atoms with Crippen LogP contribution in [0.1, 0.15) is 28.8 Å². The van der Waals surface area contributed by atoms with Gasteiger partial charge in [0.25, 0.3) is 5.91 Å². The molecule has 1 aliphatic rings. The smallest absolute Gasteiger partial charge is 0.252 e. The molecule has 2 heterocycles. The Balaban J connectivity index is 1.24. The summed E-state index contributed by atoms with van der Waals surface area (Å²) in [4.78, 5) is 19.0. The van der Waals surface area contributed by atoms with Gasteiger partial charge in [0.1, 0.15) is 17.3 Å². The highest BCUT2D eigenvalue weighted by molar-refractivity contribution is 5.94. The lowest BCUT2D eigenvalue weighted by Gasteiger charge is -2.16. The Morgan fingerprint density at radius 1 is 0.931 bits per heavy atom. The van der Waals surface area contributed by atoms with Crippen molar-refractivity contribution in [2.24, 2.45) is 0 Å². The highest BCUT2D eigenvalue weighted by atomic mass is 16.5. The summed E-state index contributed by atoms with van der Waals surface area (Å²) >= 11 is 0. The molecule has 0 aliphatic carbocycles. The molecule has 0 bridgehead atoms. The van der Waals surface area contributed by atoms with Gasteiger partial charge in [-0.25, -0.2) is 4.98 Å². The van der Waals surface area contributed by atoms with Crippen molar-refractivity contribution in [1.82, 2.24) is 10.3 Å². The Kier molecular flexibility index (Phi) is 6.05. The molecule has 1 aromatic heterocycles. The van der Waals surface area contributed by atoms with Crippen molar-refractivity contribution in [1.29, 1.82) is 0 Å². The molecule has 2 aromatic carbocycles. The summed E-state index contributed by atoms with van der Waals surface area (Å²) in [5.41, 5.74) is 1.74. The number of anilines is 1. The quantitative estimate of drug-likeness (QED) is 0.651. The third kappa shape index (κ3) is 5.13. The molecule has 1 saturated heterocycles. The van der Waals surface area contributed by atoms with Crippen molar-refractivity contribution in [3.05, 3.63) is 84.1 Å². The monoisotopic (exact) mass is 387 g/mol.